The Hall–Kier alpha value is -2.88. The fourth-order valence-electron chi connectivity index (χ4n) is 2.81. The highest BCUT2D eigenvalue weighted by Gasteiger charge is 2.14. The summed E-state index contributed by atoms with van der Waals surface area (Å²) in [5, 5.41) is 3.13. The SMILES string of the molecule is CCC(NC(=O)c1ccc(Cn2ccnc2)cc1)c1ccc(C)cc1. The molecule has 1 atom stereocenters. The van der Waals surface area contributed by atoms with E-state index < -0.39 is 0 Å². The van der Waals surface area contributed by atoms with Crippen molar-refractivity contribution in [3.8, 4) is 0 Å². The normalized spacial score (nSPS) is 11.9. The number of nitrogens with one attached hydrogen (secondary N) is 1. The highest BCUT2D eigenvalue weighted by molar-refractivity contribution is 5.94. The Bertz CT molecular complexity index is 805. The summed E-state index contributed by atoms with van der Waals surface area (Å²) in [6, 6.07) is 16.1. The third kappa shape index (κ3) is 4.35. The largest absolute Gasteiger partial charge is 0.345 e. The number of aryl methyl sites for hydroxylation is 1. The Kier molecular flexibility index (Phi) is 5.29. The van der Waals surface area contributed by atoms with Gasteiger partial charge in [0.2, 0.25) is 0 Å². The zero-order valence-electron chi connectivity index (χ0n) is 14.6. The number of nitrogens with zero attached hydrogens (tertiary/aromatic N) is 2. The second kappa shape index (κ2) is 7.79. The number of carbonyl (C=O) groups is 1. The van der Waals surface area contributed by atoms with E-state index in [2.05, 4.69) is 48.4 Å². The molecular formula is C21H23N3O. The van der Waals surface area contributed by atoms with Gasteiger partial charge in [-0.1, -0.05) is 48.9 Å². The van der Waals surface area contributed by atoms with Crippen molar-refractivity contribution < 1.29 is 4.79 Å². The molecule has 25 heavy (non-hydrogen) atoms. The van der Waals surface area contributed by atoms with Gasteiger partial charge in [0.15, 0.2) is 0 Å². The minimum atomic E-state index is -0.0402. The van der Waals surface area contributed by atoms with E-state index in [1.54, 1.807) is 12.5 Å². The summed E-state index contributed by atoms with van der Waals surface area (Å²) in [5.41, 5.74) is 4.18. The van der Waals surface area contributed by atoms with E-state index in [0.29, 0.717) is 5.56 Å². The molecule has 1 aromatic heterocycles. The molecule has 4 heteroatoms. The molecule has 1 N–H and O–H groups in total. The summed E-state index contributed by atoms with van der Waals surface area (Å²) in [5.74, 6) is -0.0402. The zero-order chi connectivity index (χ0) is 17.6. The summed E-state index contributed by atoms with van der Waals surface area (Å²) in [6.07, 6.45) is 6.33. The van der Waals surface area contributed by atoms with Gasteiger partial charge in [-0.2, -0.15) is 0 Å². The van der Waals surface area contributed by atoms with Crippen molar-refractivity contribution >= 4 is 5.91 Å². The maximum absolute atomic E-state index is 12.6. The average Bonchev–Trinajstić information content (AvgIpc) is 3.14. The standard InChI is InChI=1S/C21H23N3O/c1-3-20(18-8-4-16(2)5-9-18)23-21(25)19-10-6-17(7-11-19)14-24-13-12-22-15-24/h4-13,15,20H,3,14H2,1-2H3,(H,23,25). The Morgan fingerprint density at radius 1 is 1.12 bits per heavy atom. The molecule has 128 valence electrons. The molecule has 4 nitrogen and oxygen atoms in total. The van der Waals surface area contributed by atoms with Crippen LogP contribution < -0.4 is 5.32 Å². The maximum atomic E-state index is 12.6. The monoisotopic (exact) mass is 333 g/mol. The van der Waals surface area contributed by atoms with Crippen LogP contribution in [0.4, 0.5) is 0 Å². The van der Waals surface area contributed by atoms with Crippen LogP contribution in [-0.2, 0) is 6.54 Å². The molecule has 3 rings (SSSR count). The third-order valence-corrected chi connectivity index (χ3v) is 4.33. The fourth-order valence-corrected chi connectivity index (χ4v) is 2.81. The first-order valence-corrected chi connectivity index (χ1v) is 8.58. The number of benzene rings is 2. The van der Waals surface area contributed by atoms with Crippen LogP contribution >= 0.6 is 0 Å². The first kappa shape index (κ1) is 17.0. The predicted octanol–water partition coefficient (Wildman–Crippen LogP) is 4.12. The molecule has 0 bridgehead atoms. The van der Waals surface area contributed by atoms with Crippen LogP contribution in [0.5, 0.6) is 0 Å². The van der Waals surface area contributed by atoms with E-state index in [1.807, 2.05) is 35.0 Å². The molecule has 2 aromatic carbocycles. The van der Waals surface area contributed by atoms with Gasteiger partial charge >= 0.3 is 0 Å². The third-order valence-electron chi connectivity index (χ3n) is 4.33. The van der Waals surface area contributed by atoms with Gasteiger partial charge in [0, 0.05) is 24.5 Å². The van der Waals surface area contributed by atoms with Crippen molar-refractivity contribution in [2.75, 3.05) is 0 Å². The molecule has 1 amide bonds. The van der Waals surface area contributed by atoms with Crippen LogP contribution in [0.3, 0.4) is 0 Å². The summed E-state index contributed by atoms with van der Waals surface area (Å²) in [7, 11) is 0. The first-order chi connectivity index (χ1) is 12.2. The molecule has 1 heterocycles. The van der Waals surface area contributed by atoms with Gasteiger partial charge in [-0.25, -0.2) is 4.98 Å². The van der Waals surface area contributed by atoms with Gasteiger partial charge < -0.3 is 9.88 Å². The maximum Gasteiger partial charge on any atom is 0.251 e. The molecule has 3 aromatic rings. The number of carbonyl (C=O) groups excluding carboxylic acids is 1. The number of imidazole rings is 1. The van der Waals surface area contributed by atoms with E-state index in [0.717, 1.165) is 24.1 Å². The van der Waals surface area contributed by atoms with Crippen molar-refractivity contribution in [2.45, 2.75) is 32.9 Å². The van der Waals surface area contributed by atoms with E-state index in [1.165, 1.54) is 5.56 Å². The van der Waals surface area contributed by atoms with E-state index in [4.69, 9.17) is 0 Å². The molecule has 0 aliphatic carbocycles. The summed E-state index contributed by atoms with van der Waals surface area (Å²) >= 11 is 0. The molecule has 0 saturated carbocycles. The lowest BCUT2D eigenvalue weighted by Crippen LogP contribution is -2.28. The molecule has 0 radical (unpaired) electrons. The molecule has 0 aliphatic rings. The second-order valence-electron chi connectivity index (χ2n) is 6.28. The number of hydrogen-bond donors (Lipinski definition) is 1. The number of amides is 1. The Morgan fingerprint density at radius 3 is 2.44 bits per heavy atom. The van der Waals surface area contributed by atoms with Crippen molar-refractivity contribution in [3.63, 3.8) is 0 Å². The average molecular weight is 333 g/mol. The quantitative estimate of drug-likeness (QED) is 0.737. The van der Waals surface area contributed by atoms with Gasteiger partial charge in [-0.05, 0) is 36.6 Å². The van der Waals surface area contributed by atoms with Crippen LogP contribution in [-0.4, -0.2) is 15.5 Å². The summed E-state index contributed by atoms with van der Waals surface area (Å²) in [4.78, 5) is 16.6. The zero-order valence-corrected chi connectivity index (χ0v) is 14.6. The van der Waals surface area contributed by atoms with E-state index >= 15 is 0 Å². The van der Waals surface area contributed by atoms with Gasteiger partial charge in [0.05, 0.1) is 12.4 Å². The van der Waals surface area contributed by atoms with Crippen LogP contribution in [0, 0.1) is 6.92 Å². The Morgan fingerprint density at radius 2 is 1.84 bits per heavy atom. The van der Waals surface area contributed by atoms with Crippen LogP contribution in [0.25, 0.3) is 0 Å². The van der Waals surface area contributed by atoms with E-state index in [-0.39, 0.29) is 11.9 Å². The molecule has 1 unspecified atom stereocenters. The topological polar surface area (TPSA) is 46.9 Å². The minimum Gasteiger partial charge on any atom is -0.345 e. The van der Waals surface area contributed by atoms with Crippen molar-refractivity contribution in [1.29, 1.82) is 0 Å². The summed E-state index contributed by atoms with van der Waals surface area (Å²) in [6.45, 7) is 4.90. The van der Waals surface area contributed by atoms with Crippen molar-refractivity contribution in [1.82, 2.24) is 14.9 Å². The van der Waals surface area contributed by atoms with Crippen molar-refractivity contribution in [2.24, 2.45) is 0 Å². The Balaban J connectivity index is 1.66. The first-order valence-electron chi connectivity index (χ1n) is 8.58. The highest BCUT2D eigenvalue weighted by atomic mass is 16.1. The second-order valence-corrected chi connectivity index (χ2v) is 6.28. The Labute approximate surface area is 148 Å². The van der Waals surface area contributed by atoms with E-state index in [9.17, 15) is 4.79 Å². The minimum absolute atomic E-state index is 0.0266. The number of hydrogen-bond acceptors (Lipinski definition) is 2. The number of rotatable bonds is 6. The molecule has 0 fully saturated rings. The van der Waals surface area contributed by atoms with Gasteiger partial charge in [-0.15, -0.1) is 0 Å². The van der Waals surface area contributed by atoms with Crippen LogP contribution in [0.2, 0.25) is 0 Å². The lowest BCUT2D eigenvalue weighted by atomic mass is 10.0. The smallest absolute Gasteiger partial charge is 0.251 e. The van der Waals surface area contributed by atoms with Gasteiger partial charge in [0.1, 0.15) is 0 Å². The summed E-state index contributed by atoms with van der Waals surface area (Å²) < 4.78 is 2.00. The lowest BCUT2D eigenvalue weighted by molar-refractivity contribution is 0.0935. The predicted molar refractivity (Wildman–Crippen MR) is 99.4 cm³/mol. The highest BCUT2D eigenvalue weighted by Crippen LogP contribution is 2.18. The van der Waals surface area contributed by atoms with Gasteiger partial charge in [-0.3, -0.25) is 4.79 Å². The molecule has 0 spiro atoms. The van der Waals surface area contributed by atoms with Crippen LogP contribution in [0.15, 0.2) is 67.3 Å². The molecule has 0 aliphatic heterocycles. The molecular weight excluding hydrogens is 310 g/mol. The fraction of sp³-hybridized carbons (Fsp3) is 0.238. The van der Waals surface area contributed by atoms with Gasteiger partial charge in [0.25, 0.3) is 5.91 Å². The molecule has 0 saturated heterocycles. The van der Waals surface area contributed by atoms with Crippen molar-refractivity contribution in [3.05, 3.63) is 89.5 Å². The van der Waals surface area contributed by atoms with Crippen LogP contribution in [0.1, 0.15) is 46.4 Å². The number of aromatic nitrogens is 2. The lowest BCUT2D eigenvalue weighted by Gasteiger charge is -2.18.